The number of hydrogen-bond donors (Lipinski definition) is 1. The fraction of sp³-hybridized carbons (Fsp3) is 0.125. The molecule has 0 bridgehead atoms. The van der Waals surface area contributed by atoms with Gasteiger partial charge < -0.3 is 5.73 Å². The van der Waals surface area contributed by atoms with Crippen LogP contribution in [0.15, 0.2) is 34.5 Å². The molecule has 2 N–H and O–H groups in total. The first-order valence-corrected chi connectivity index (χ1v) is 3.54. The maximum absolute atomic E-state index is 8.55. The van der Waals surface area contributed by atoms with Gasteiger partial charge in [-0.05, 0) is 12.2 Å². The van der Waals surface area contributed by atoms with Crippen LogP contribution in [-0.2, 0) is 0 Å². The Morgan fingerprint density at radius 1 is 1.64 bits per heavy atom. The smallest absolute Gasteiger partial charge is 0.0951 e. The molecule has 0 aromatic rings. The molecule has 11 heavy (non-hydrogen) atoms. The molecule has 0 saturated heterocycles. The van der Waals surface area contributed by atoms with E-state index < -0.39 is 0 Å². The van der Waals surface area contributed by atoms with Crippen molar-refractivity contribution < 1.29 is 0 Å². The van der Waals surface area contributed by atoms with Crippen LogP contribution in [0.5, 0.6) is 0 Å². The normalized spacial score (nSPS) is 17.3. The van der Waals surface area contributed by atoms with E-state index in [0.717, 1.165) is 0 Å². The molecule has 0 amide bonds. The minimum absolute atomic E-state index is 0.456. The standard InChI is InChI=1S/C8H7ClN2/c9-7-3-1-2-6(5-10)4-8(7)11/h1,3-4H,2,11H2. The molecule has 0 heterocycles. The summed E-state index contributed by atoms with van der Waals surface area (Å²) in [5, 5.41) is 9.04. The summed E-state index contributed by atoms with van der Waals surface area (Å²) >= 11 is 5.71. The molecule has 0 saturated carbocycles. The second-order valence-corrected chi connectivity index (χ2v) is 2.60. The zero-order valence-electron chi connectivity index (χ0n) is 5.84. The first-order chi connectivity index (χ1) is 5.24. The Balaban J connectivity index is 3.04. The van der Waals surface area contributed by atoms with Gasteiger partial charge in [-0.1, -0.05) is 17.7 Å². The van der Waals surface area contributed by atoms with Crippen molar-refractivity contribution in [2.75, 3.05) is 0 Å². The fourth-order valence-electron chi connectivity index (χ4n) is 0.779. The van der Waals surface area contributed by atoms with E-state index in [1.165, 1.54) is 0 Å². The molecular weight excluding hydrogens is 160 g/mol. The van der Waals surface area contributed by atoms with Gasteiger partial charge in [0.05, 0.1) is 16.8 Å². The van der Waals surface area contributed by atoms with Crippen molar-refractivity contribution in [3.8, 4) is 6.07 Å². The largest absolute Gasteiger partial charge is 0.397 e. The van der Waals surface area contributed by atoms with Crippen LogP contribution >= 0.6 is 11.6 Å². The van der Waals surface area contributed by atoms with Crippen LogP contribution in [0, 0.1) is 11.3 Å². The molecule has 1 aliphatic rings. The van der Waals surface area contributed by atoms with E-state index in [1.807, 2.05) is 12.1 Å². The molecule has 0 atom stereocenters. The average Bonchev–Trinajstić information content (AvgIpc) is 2.15. The lowest BCUT2D eigenvalue weighted by Crippen LogP contribution is -1.94. The van der Waals surface area contributed by atoms with Crippen molar-refractivity contribution in [3.05, 3.63) is 34.5 Å². The van der Waals surface area contributed by atoms with Crippen LogP contribution in [0.2, 0.25) is 0 Å². The summed E-state index contributed by atoms with van der Waals surface area (Å²) in [6.45, 7) is 0. The van der Waals surface area contributed by atoms with E-state index in [9.17, 15) is 0 Å². The third-order valence-electron chi connectivity index (χ3n) is 1.35. The van der Waals surface area contributed by atoms with Crippen LogP contribution in [-0.4, -0.2) is 0 Å². The van der Waals surface area contributed by atoms with Gasteiger partial charge in [0, 0.05) is 12.0 Å². The Labute approximate surface area is 70.3 Å². The van der Waals surface area contributed by atoms with Crippen LogP contribution in [0.1, 0.15) is 6.42 Å². The Morgan fingerprint density at radius 3 is 3.00 bits per heavy atom. The molecule has 0 radical (unpaired) electrons. The molecule has 1 aliphatic carbocycles. The number of rotatable bonds is 0. The van der Waals surface area contributed by atoms with Crippen molar-refractivity contribution in [1.29, 1.82) is 5.26 Å². The van der Waals surface area contributed by atoms with Gasteiger partial charge in [-0.25, -0.2) is 0 Å². The Hall–Kier alpha value is -1.20. The Morgan fingerprint density at radius 2 is 2.36 bits per heavy atom. The third-order valence-corrected chi connectivity index (χ3v) is 1.70. The van der Waals surface area contributed by atoms with Gasteiger partial charge in [0.25, 0.3) is 0 Å². The zero-order chi connectivity index (χ0) is 8.27. The molecule has 56 valence electrons. The first-order valence-electron chi connectivity index (χ1n) is 3.16. The van der Waals surface area contributed by atoms with E-state index in [2.05, 4.69) is 0 Å². The molecule has 0 aliphatic heterocycles. The quantitative estimate of drug-likeness (QED) is 0.597. The Bertz CT molecular complexity index is 292. The number of halogens is 1. The molecule has 1 rings (SSSR count). The summed E-state index contributed by atoms with van der Waals surface area (Å²) in [4.78, 5) is 0. The van der Waals surface area contributed by atoms with Crippen LogP contribution in [0.3, 0.4) is 0 Å². The van der Waals surface area contributed by atoms with Gasteiger partial charge >= 0.3 is 0 Å². The third kappa shape index (κ3) is 1.86. The minimum Gasteiger partial charge on any atom is -0.397 e. The van der Waals surface area contributed by atoms with Crippen molar-refractivity contribution in [2.45, 2.75) is 6.42 Å². The van der Waals surface area contributed by atoms with Gasteiger partial charge in [0.1, 0.15) is 0 Å². The highest BCUT2D eigenvalue weighted by Crippen LogP contribution is 2.16. The minimum atomic E-state index is 0.456. The van der Waals surface area contributed by atoms with Gasteiger partial charge in [-0.15, -0.1) is 0 Å². The van der Waals surface area contributed by atoms with Gasteiger partial charge in [0.2, 0.25) is 0 Å². The molecule has 0 fully saturated rings. The number of nitriles is 1. The highest BCUT2D eigenvalue weighted by atomic mass is 35.5. The summed E-state index contributed by atoms with van der Waals surface area (Å²) in [6, 6.07) is 2.03. The zero-order valence-corrected chi connectivity index (χ0v) is 6.60. The summed E-state index contributed by atoms with van der Waals surface area (Å²) in [5.74, 6) is 0. The van der Waals surface area contributed by atoms with Crippen LogP contribution in [0.4, 0.5) is 0 Å². The second kappa shape index (κ2) is 3.27. The van der Waals surface area contributed by atoms with Gasteiger partial charge in [0.15, 0.2) is 0 Å². The summed E-state index contributed by atoms with van der Waals surface area (Å²) in [6.07, 6.45) is 5.73. The fourth-order valence-corrected chi connectivity index (χ4v) is 0.923. The van der Waals surface area contributed by atoms with Crippen LogP contribution in [0.25, 0.3) is 0 Å². The van der Waals surface area contributed by atoms with E-state index >= 15 is 0 Å². The maximum atomic E-state index is 8.55. The lowest BCUT2D eigenvalue weighted by atomic mass is 10.2. The summed E-state index contributed by atoms with van der Waals surface area (Å²) in [7, 11) is 0. The topological polar surface area (TPSA) is 49.8 Å². The molecule has 0 aromatic heterocycles. The van der Waals surface area contributed by atoms with E-state index in [4.69, 9.17) is 22.6 Å². The van der Waals surface area contributed by atoms with Crippen LogP contribution < -0.4 is 5.73 Å². The number of nitrogens with zero attached hydrogens (tertiary/aromatic N) is 1. The molecule has 0 unspecified atom stereocenters. The lowest BCUT2D eigenvalue weighted by Gasteiger charge is -1.92. The van der Waals surface area contributed by atoms with Gasteiger partial charge in [-0.2, -0.15) is 5.26 Å². The molecule has 3 heteroatoms. The van der Waals surface area contributed by atoms with E-state index in [1.54, 1.807) is 12.2 Å². The molecule has 0 aromatic carbocycles. The number of hydrogen-bond acceptors (Lipinski definition) is 2. The molecule has 0 spiro atoms. The average molecular weight is 167 g/mol. The number of nitrogens with two attached hydrogens (primary N) is 1. The second-order valence-electron chi connectivity index (χ2n) is 2.19. The molecular formula is C8H7ClN2. The highest BCUT2D eigenvalue weighted by molar-refractivity contribution is 6.31. The first kappa shape index (κ1) is 7.90. The Kier molecular flexibility index (Phi) is 2.35. The van der Waals surface area contributed by atoms with Crippen molar-refractivity contribution >= 4 is 11.6 Å². The van der Waals surface area contributed by atoms with Crippen molar-refractivity contribution in [3.63, 3.8) is 0 Å². The predicted molar refractivity (Wildman–Crippen MR) is 44.5 cm³/mol. The van der Waals surface area contributed by atoms with E-state index in [0.29, 0.717) is 22.7 Å². The maximum Gasteiger partial charge on any atom is 0.0951 e. The summed E-state index contributed by atoms with van der Waals surface area (Å²) in [5.41, 5.74) is 6.60. The lowest BCUT2D eigenvalue weighted by molar-refractivity contribution is 1.27. The van der Waals surface area contributed by atoms with Crippen molar-refractivity contribution in [2.24, 2.45) is 5.73 Å². The molecule has 2 nitrogen and oxygen atoms in total. The number of allylic oxidation sites excluding steroid dienone is 5. The predicted octanol–water partition coefficient (Wildman–Crippen LogP) is 1.81. The monoisotopic (exact) mass is 166 g/mol. The van der Waals surface area contributed by atoms with Gasteiger partial charge in [-0.3, -0.25) is 0 Å². The summed E-state index contributed by atoms with van der Waals surface area (Å²) < 4.78 is 0. The SMILES string of the molecule is N#CC1=CC(N)=C(Cl)C=CC1. The van der Waals surface area contributed by atoms with Crippen molar-refractivity contribution in [1.82, 2.24) is 0 Å². The van der Waals surface area contributed by atoms with E-state index in [-0.39, 0.29) is 0 Å². The highest BCUT2D eigenvalue weighted by Gasteiger charge is 2.01.